The minimum atomic E-state index is 0.318. The number of halogens is 1. The lowest BCUT2D eigenvalue weighted by Gasteiger charge is -2.22. The fourth-order valence-corrected chi connectivity index (χ4v) is 3.28. The molecule has 1 atom stereocenters. The van der Waals surface area contributed by atoms with Gasteiger partial charge in [0.25, 0.3) is 0 Å². The van der Waals surface area contributed by atoms with Crippen LogP contribution in [0.1, 0.15) is 6.42 Å². The van der Waals surface area contributed by atoms with E-state index in [1.165, 1.54) is 0 Å². The van der Waals surface area contributed by atoms with Gasteiger partial charge in [0.15, 0.2) is 5.96 Å². The summed E-state index contributed by atoms with van der Waals surface area (Å²) >= 11 is 6.16. The molecule has 0 bridgehead atoms. The van der Waals surface area contributed by atoms with Crippen LogP contribution >= 0.6 is 11.6 Å². The Morgan fingerprint density at radius 3 is 3.08 bits per heavy atom. The van der Waals surface area contributed by atoms with Gasteiger partial charge in [-0.25, -0.2) is 4.98 Å². The van der Waals surface area contributed by atoms with Crippen molar-refractivity contribution in [3.05, 3.63) is 41.9 Å². The highest BCUT2D eigenvalue weighted by Gasteiger charge is 2.25. The molecule has 1 aromatic heterocycles. The van der Waals surface area contributed by atoms with E-state index >= 15 is 0 Å². The predicted octanol–water partition coefficient (Wildman–Crippen LogP) is 1.99. The smallest absolute Gasteiger partial charge is 0.191 e. The lowest BCUT2D eigenvalue weighted by atomic mass is 10.2. The average Bonchev–Trinajstić information content (AvgIpc) is 3.32. The van der Waals surface area contributed by atoms with Crippen LogP contribution in [0.15, 0.2) is 41.9 Å². The third-order valence-electron chi connectivity index (χ3n) is 4.46. The van der Waals surface area contributed by atoms with E-state index in [0.29, 0.717) is 11.1 Å². The molecule has 3 rings (SSSR count). The summed E-state index contributed by atoms with van der Waals surface area (Å²) in [5.74, 6) is 1.66. The van der Waals surface area contributed by atoms with E-state index in [0.717, 1.165) is 50.0 Å². The number of anilines is 1. The molecule has 1 aliphatic rings. The van der Waals surface area contributed by atoms with Gasteiger partial charge in [0.05, 0.1) is 19.1 Å². The van der Waals surface area contributed by atoms with Crippen molar-refractivity contribution in [1.29, 1.82) is 0 Å². The average molecular weight is 377 g/mol. The molecule has 1 saturated heterocycles. The lowest BCUT2D eigenvalue weighted by molar-refractivity contribution is 0.415. The van der Waals surface area contributed by atoms with E-state index in [9.17, 15) is 0 Å². The Kier molecular flexibility index (Phi) is 6.22. The van der Waals surface area contributed by atoms with Gasteiger partial charge in [-0.2, -0.15) is 0 Å². The number of methoxy groups -OCH3 is 1. The summed E-state index contributed by atoms with van der Waals surface area (Å²) < 4.78 is 7.51. The number of imidazole rings is 1. The molecule has 26 heavy (non-hydrogen) atoms. The van der Waals surface area contributed by atoms with Gasteiger partial charge in [0.2, 0.25) is 0 Å². The topological polar surface area (TPSA) is 66.7 Å². The molecule has 1 aliphatic heterocycles. The van der Waals surface area contributed by atoms with Crippen LogP contribution in [0.2, 0.25) is 5.02 Å². The summed E-state index contributed by atoms with van der Waals surface area (Å²) in [6.07, 6.45) is 6.57. The summed E-state index contributed by atoms with van der Waals surface area (Å²) in [6.45, 7) is 3.45. The first-order valence-electron chi connectivity index (χ1n) is 8.71. The standard InChI is InChI=1S/C18H25ClN6O/c1-20-18(22-7-10-24-9-6-21-13-24)23-15-5-8-25(12-15)16-11-14(19)3-4-17(16)26-2/h3-4,6,9,11,13,15H,5,7-8,10,12H2,1-2H3,(H2,20,22,23). The summed E-state index contributed by atoms with van der Waals surface area (Å²) in [7, 11) is 3.48. The predicted molar refractivity (Wildman–Crippen MR) is 105 cm³/mol. The van der Waals surface area contributed by atoms with E-state index < -0.39 is 0 Å². The molecule has 8 heteroatoms. The van der Waals surface area contributed by atoms with Gasteiger partial charge in [-0.05, 0) is 24.6 Å². The van der Waals surface area contributed by atoms with Crippen molar-refractivity contribution in [3.8, 4) is 5.75 Å². The number of ether oxygens (including phenoxy) is 1. The lowest BCUT2D eigenvalue weighted by Crippen LogP contribution is -2.45. The number of guanidine groups is 1. The summed E-state index contributed by atoms with van der Waals surface area (Å²) in [6, 6.07) is 6.04. The number of hydrogen-bond donors (Lipinski definition) is 2. The van der Waals surface area contributed by atoms with Crippen LogP contribution < -0.4 is 20.3 Å². The zero-order valence-electron chi connectivity index (χ0n) is 15.2. The molecule has 140 valence electrons. The number of nitrogens with one attached hydrogen (secondary N) is 2. The normalized spacial score (nSPS) is 17.4. The van der Waals surface area contributed by atoms with Crippen molar-refractivity contribution >= 4 is 23.2 Å². The van der Waals surface area contributed by atoms with Crippen LogP contribution in [0.4, 0.5) is 5.69 Å². The van der Waals surface area contributed by atoms with Gasteiger partial charge in [0.1, 0.15) is 5.75 Å². The molecule has 0 saturated carbocycles. The first-order valence-corrected chi connectivity index (χ1v) is 9.09. The molecule has 2 N–H and O–H groups in total. The Bertz CT molecular complexity index is 733. The molecular formula is C18H25ClN6O. The van der Waals surface area contributed by atoms with E-state index in [2.05, 4.69) is 25.5 Å². The van der Waals surface area contributed by atoms with Crippen molar-refractivity contribution in [2.75, 3.05) is 38.7 Å². The maximum atomic E-state index is 6.16. The first kappa shape index (κ1) is 18.4. The monoisotopic (exact) mass is 376 g/mol. The van der Waals surface area contributed by atoms with Gasteiger partial charge in [-0.1, -0.05) is 11.6 Å². The number of aliphatic imine (C=N–C) groups is 1. The molecule has 0 amide bonds. The highest BCUT2D eigenvalue weighted by molar-refractivity contribution is 6.30. The van der Waals surface area contributed by atoms with Gasteiger partial charge < -0.3 is 24.8 Å². The molecule has 2 aromatic rings. The molecule has 2 heterocycles. The summed E-state index contributed by atoms with van der Waals surface area (Å²) in [5, 5.41) is 7.56. The Morgan fingerprint density at radius 2 is 2.35 bits per heavy atom. The Balaban J connectivity index is 1.52. The van der Waals surface area contributed by atoms with Gasteiger partial charge in [-0.15, -0.1) is 0 Å². The molecule has 1 unspecified atom stereocenters. The van der Waals surface area contributed by atoms with Crippen molar-refractivity contribution in [2.45, 2.75) is 19.0 Å². The third kappa shape index (κ3) is 4.60. The maximum absolute atomic E-state index is 6.16. The third-order valence-corrected chi connectivity index (χ3v) is 4.69. The van der Waals surface area contributed by atoms with Gasteiger partial charge >= 0.3 is 0 Å². The zero-order chi connectivity index (χ0) is 18.4. The second-order valence-corrected chi connectivity index (χ2v) is 6.63. The summed E-state index contributed by atoms with van der Waals surface area (Å²) in [4.78, 5) is 10.7. The first-order chi connectivity index (χ1) is 12.7. The number of rotatable bonds is 6. The minimum Gasteiger partial charge on any atom is -0.495 e. The molecule has 1 aromatic carbocycles. The van der Waals surface area contributed by atoms with Crippen molar-refractivity contribution < 1.29 is 4.74 Å². The van der Waals surface area contributed by atoms with Crippen molar-refractivity contribution in [3.63, 3.8) is 0 Å². The Morgan fingerprint density at radius 1 is 1.46 bits per heavy atom. The number of hydrogen-bond acceptors (Lipinski definition) is 4. The van der Waals surface area contributed by atoms with Crippen LogP contribution in [0.5, 0.6) is 5.75 Å². The van der Waals surface area contributed by atoms with Crippen LogP contribution in [-0.4, -0.2) is 55.3 Å². The maximum Gasteiger partial charge on any atom is 0.191 e. The second-order valence-electron chi connectivity index (χ2n) is 6.19. The zero-order valence-corrected chi connectivity index (χ0v) is 15.9. The van der Waals surface area contributed by atoms with Gasteiger partial charge in [-0.3, -0.25) is 4.99 Å². The molecular weight excluding hydrogens is 352 g/mol. The molecule has 7 nitrogen and oxygen atoms in total. The van der Waals surface area contributed by atoms with Gasteiger partial charge in [0, 0.05) is 56.7 Å². The fourth-order valence-electron chi connectivity index (χ4n) is 3.12. The number of aromatic nitrogens is 2. The van der Waals surface area contributed by atoms with Crippen LogP contribution in [0, 0.1) is 0 Å². The SMILES string of the molecule is CN=C(NCCn1ccnc1)NC1CCN(c2cc(Cl)ccc2OC)C1. The molecule has 0 radical (unpaired) electrons. The molecule has 0 aliphatic carbocycles. The minimum absolute atomic E-state index is 0.318. The highest BCUT2D eigenvalue weighted by Crippen LogP contribution is 2.33. The van der Waals surface area contributed by atoms with Crippen LogP contribution in [0.3, 0.4) is 0 Å². The molecule has 1 fully saturated rings. The number of nitrogens with zero attached hydrogens (tertiary/aromatic N) is 4. The van der Waals surface area contributed by atoms with E-state index in [1.807, 2.05) is 35.3 Å². The highest BCUT2D eigenvalue weighted by atomic mass is 35.5. The van der Waals surface area contributed by atoms with E-state index in [1.54, 1.807) is 20.4 Å². The van der Waals surface area contributed by atoms with Crippen molar-refractivity contribution in [2.24, 2.45) is 4.99 Å². The van der Waals surface area contributed by atoms with E-state index in [-0.39, 0.29) is 0 Å². The summed E-state index contributed by atoms with van der Waals surface area (Å²) in [5.41, 5.74) is 1.03. The molecule has 0 spiro atoms. The van der Waals surface area contributed by atoms with Crippen LogP contribution in [0.25, 0.3) is 0 Å². The van der Waals surface area contributed by atoms with E-state index in [4.69, 9.17) is 16.3 Å². The Hall–Kier alpha value is -2.41. The second kappa shape index (κ2) is 8.80. The quantitative estimate of drug-likeness (QED) is 0.596. The van der Waals surface area contributed by atoms with Crippen LogP contribution in [-0.2, 0) is 6.54 Å². The van der Waals surface area contributed by atoms with Crippen molar-refractivity contribution in [1.82, 2.24) is 20.2 Å². The number of benzene rings is 1. The Labute approximate surface area is 159 Å². The largest absolute Gasteiger partial charge is 0.495 e. The fraction of sp³-hybridized carbons (Fsp3) is 0.444.